The zero-order valence-corrected chi connectivity index (χ0v) is 10.6. The van der Waals surface area contributed by atoms with Crippen LogP contribution in [0.2, 0.25) is 0 Å². The van der Waals surface area contributed by atoms with Crippen LogP contribution in [-0.2, 0) is 0 Å². The van der Waals surface area contributed by atoms with Crippen molar-refractivity contribution in [3.8, 4) is 11.8 Å². The van der Waals surface area contributed by atoms with Crippen molar-refractivity contribution < 1.29 is 13.2 Å². The Balaban J connectivity index is 2.38. The summed E-state index contributed by atoms with van der Waals surface area (Å²) in [4.78, 5) is 0. The van der Waals surface area contributed by atoms with E-state index in [2.05, 4.69) is 27.8 Å². The van der Waals surface area contributed by atoms with E-state index < -0.39 is 11.6 Å². The molecule has 2 rings (SSSR count). The van der Waals surface area contributed by atoms with Crippen LogP contribution in [-0.4, -0.2) is 0 Å². The minimum Gasteiger partial charge on any atom is -0.207 e. The van der Waals surface area contributed by atoms with Gasteiger partial charge in [-0.25, -0.2) is 13.2 Å². The maximum atomic E-state index is 13.2. The normalized spacial score (nSPS) is 9.78. The highest BCUT2D eigenvalue weighted by Crippen LogP contribution is 2.21. The summed E-state index contributed by atoms with van der Waals surface area (Å²) in [7, 11) is 0. The Bertz CT molecular complexity index is 637. The Morgan fingerprint density at radius 3 is 2.17 bits per heavy atom. The molecule has 0 saturated heterocycles. The molecular weight excluding hydrogens is 305 g/mol. The van der Waals surface area contributed by atoms with Gasteiger partial charge >= 0.3 is 0 Å². The third-order valence-electron chi connectivity index (χ3n) is 2.18. The molecule has 0 aliphatic heterocycles. The van der Waals surface area contributed by atoms with Crippen LogP contribution < -0.4 is 0 Å². The van der Waals surface area contributed by atoms with Gasteiger partial charge in [-0.05, 0) is 46.3 Å². The van der Waals surface area contributed by atoms with E-state index in [9.17, 15) is 13.2 Å². The molecule has 0 fully saturated rings. The third-order valence-corrected chi connectivity index (χ3v) is 2.98. The standard InChI is InChI=1S/C14H6BrF3/c15-14-10(7-12(17)8-13(14)18)4-1-9-2-5-11(16)6-3-9/h2-3,5-8H. The van der Waals surface area contributed by atoms with Crippen molar-refractivity contribution in [3.05, 3.63) is 69.4 Å². The minimum absolute atomic E-state index is 0.110. The lowest BCUT2D eigenvalue weighted by Crippen LogP contribution is -1.87. The molecule has 18 heavy (non-hydrogen) atoms. The number of halogens is 4. The summed E-state index contributed by atoms with van der Waals surface area (Å²) in [5, 5.41) is 0. The van der Waals surface area contributed by atoms with Gasteiger partial charge in [0.15, 0.2) is 0 Å². The molecule has 0 amide bonds. The third kappa shape index (κ3) is 2.93. The molecule has 0 N–H and O–H groups in total. The van der Waals surface area contributed by atoms with Crippen LogP contribution in [0.25, 0.3) is 0 Å². The van der Waals surface area contributed by atoms with Gasteiger partial charge in [-0.3, -0.25) is 0 Å². The zero-order chi connectivity index (χ0) is 13.1. The van der Waals surface area contributed by atoms with Crippen LogP contribution >= 0.6 is 15.9 Å². The largest absolute Gasteiger partial charge is 0.207 e. The van der Waals surface area contributed by atoms with Gasteiger partial charge in [0, 0.05) is 17.2 Å². The van der Waals surface area contributed by atoms with Gasteiger partial charge in [-0.1, -0.05) is 11.8 Å². The summed E-state index contributed by atoms with van der Waals surface area (Å²) in [6.45, 7) is 0. The molecule has 0 atom stereocenters. The highest BCUT2D eigenvalue weighted by Gasteiger charge is 2.06. The summed E-state index contributed by atoms with van der Waals surface area (Å²) in [6.07, 6.45) is 0. The lowest BCUT2D eigenvalue weighted by molar-refractivity contribution is 0.578. The first-order valence-corrected chi connectivity index (χ1v) is 5.77. The fourth-order valence-electron chi connectivity index (χ4n) is 1.32. The van der Waals surface area contributed by atoms with E-state index in [-0.39, 0.29) is 15.9 Å². The Hall–Kier alpha value is -1.73. The summed E-state index contributed by atoms with van der Waals surface area (Å²) in [5.41, 5.74) is 0.768. The second kappa shape index (κ2) is 5.28. The average molecular weight is 311 g/mol. The van der Waals surface area contributed by atoms with E-state index in [0.717, 1.165) is 12.1 Å². The molecule has 90 valence electrons. The molecule has 0 saturated carbocycles. The molecule has 0 nitrogen and oxygen atoms in total. The Morgan fingerprint density at radius 1 is 0.833 bits per heavy atom. The maximum absolute atomic E-state index is 13.2. The van der Waals surface area contributed by atoms with Crippen molar-refractivity contribution >= 4 is 15.9 Å². The Morgan fingerprint density at radius 2 is 1.50 bits per heavy atom. The predicted molar refractivity (Wildman–Crippen MR) is 66.4 cm³/mol. The highest BCUT2D eigenvalue weighted by molar-refractivity contribution is 9.10. The van der Waals surface area contributed by atoms with E-state index in [1.54, 1.807) is 0 Å². The van der Waals surface area contributed by atoms with Gasteiger partial charge in [0.25, 0.3) is 0 Å². The molecule has 0 heterocycles. The van der Waals surface area contributed by atoms with Crippen LogP contribution in [0.15, 0.2) is 40.9 Å². The van der Waals surface area contributed by atoms with Gasteiger partial charge < -0.3 is 0 Å². The molecule has 0 spiro atoms. The van der Waals surface area contributed by atoms with E-state index in [1.807, 2.05) is 0 Å². The van der Waals surface area contributed by atoms with Gasteiger partial charge in [0.2, 0.25) is 0 Å². The smallest absolute Gasteiger partial charge is 0.141 e. The van der Waals surface area contributed by atoms with Gasteiger partial charge in [0.1, 0.15) is 17.5 Å². The first-order valence-electron chi connectivity index (χ1n) is 4.98. The molecule has 0 aliphatic carbocycles. The summed E-state index contributed by atoms with van der Waals surface area (Å²) in [5.74, 6) is 3.57. The van der Waals surface area contributed by atoms with Crippen LogP contribution in [0.4, 0.5) is 13.2 Å². The number of benzene rings is 2. The fourth-order valence-corrected chi connectivity index (χ4v) is 1.65. The van der Waals surface area contributed by atoms with Crippen LogP contribution in [0.5, 0.6) is 0 Å². The summed E-state index contributed by atoms with van der Waals surface area (Å²) >= 11 is 3.00. The van der Waals surface area contributed by atoms with Crippen LogP contribution in [0.3, 0.4) is 0 Å². The van der Waals surface area contributed by atoms with Gasteiger partial charge in [-0.2, -0.15) is 0 Å². The molecule has 0 aromatic heterocycles. The Labute approximate surface area is 111 Å². The topological polar surface area (TPSA) is 0 Å². The quantitative estimate of drug-likeness (QED) is 0.503. The summed E-state index contributed by atoms with van der Waals surface area (Å²) in [6, 6.07) is 7.42. The molecule has 2 aromatic carbocycles. The summed E-state index contributed by atoms with van der Waals surface area (Å²) < 4.78 is 39.0. The van der Waals surface area contributed by atoms with Crippen molar-refractivity contribution in [1.82, 2.24) is 0 Å². The van der Waals surface area contributed by atoms with Gasteiger partial charge in [-0.15, -0.1) is 0 Å². The molecular formula is C14H6BrF3. The molecule has 0 radical (unpaired) electrons. The first kappa shape index (κ1) is 12.7. The maximum Gasteiger partial charge on any atom is 0.141 e. The van der Waals surface area contributed by atoms with E-state index >= 15 is 0 Å². The lowest BCUT2D eigenvalue weighted by atomic mass is 10.2. The molecule has 4 heteroatoms. The second-order valence-corrected chi connectivity index (χ2v) is 4.30. The van der Waals surface area contributed by atoms with E-state index in [4.69, 9.17) is 0 Å². The molecule has 2 aromatic rings. The van der Waals surface area contributed by atoms with Crippen molar-refractivity contribution in [3.63, 3.8) is 0 Å². The van der Waals surface area contributed by atoms with Gasteiger partial charge in [0.05, 0.1) is 4.47 Å². The van der Waals surface area contributed by atoms with E-state index in [0.29, 0.717) is 5.56 Å². The average Bonchev–Trinajstić information content (AvgIpc) is 2.34. The van der Waals surface area contributed by atoms with Crippen molar-refractivity contribution in [2.24, 2.45) is 0 Å². The second-order valence-electron chi connectivity index (χ2n) is 3.51. The fraction of sp³-hybridized carbons (Fsp3) is 0. The number of hydrogen-bond donors (Lipinski definition) is 0. The van der Waals surface area contributed by atoms with Crippen molar-refractivity contribution in [2.75, 3.05) is 0 Å². The lowest BCUT2D eigenvalue weighted by Gasteiger charge is -1.98. The Kier molecular flexibility index (Phi) is 3.73. The van der Waals surface area contributed by atoms with Crippen LogP contribution in [0.1, 0.15) is 11.1 Å². The highest BCUT2D eigenvalue weighted by atomic mass is 79.9. The predicted octanol–water partition coefficient (Wildman–Crippen LogP) is 4.27. The van der Waals surface area contributed by atoms with E-state index in [1.165, 1.54) is 24.3 Å². The van der Waals surface area contributed by atoms with Crippen LogP contribution in [0, 0.1) is 29.3 Å². The first-order chi connectivity index (χ1) is 8.56. The molecule has 0 unspecified atom stereocenters. The van der Waals surface area contributed by atoms with Crippen molar-refractivity contribution in [1.29, 1.82) is 0 Å². The number of hydrogen-bond acceptors (Lipinski definition) is 0. The molecule has 0 bridgehead atoms. The minimum atomic E-state index is -0.710. The SMILES string of the molecule is Fc1ccc(C#Cc2cc(F)cc(F)c2Br)cc1. The zero-order valence-electron chi connectivity index (χ0n) is 8.98. The van der Waals surface area contributed by atoms with Crippen molar-refractivity contribution in [2.45, 2.75) is 0 Å². The monoisotopic (exact) mass is 310 g/mol. The molecule has 0 aliphatic rings. The number of rotatable bonds is 0.